The lowest BCUT2D eigenvalue weighted by Gasteiger charge is -2.20. The van der Waals surface area contributed by atoms with Crippen molar-refractivity contribution in [2.45, 2.75) is 52.9 Å². The maximum atomic E-state index is 12.7. The summed E-state index contributed by atoms with van der Waals surface area (Å²) >= 11 is 0. The number of nitrogens with one attached hydrogen (secondary N) is 1. The van der Waals surface area contributed by atoms with Crippen LogP contribution in [0.1, 0.15) is 48.8 Å². The lowest BCUT2D eigenvalue weighted by atomic mass is 9.86. The van der Waals surface area contributed by atoms with E-state index in [0.29, 0.717) is 24.1 Å². The molecule has 0 radical (unpaired) electrons. The van der Waals surface area contributed by atoms with Gasteiger partial charge in [-0.15, -0.1) is 0 Å². The van der Waals surface area contributed by atoms with Crippen molar-refractivity contribution >= 4 is 17.7 Å². The van der Waals surface area contributed by atoms with E-state index in [-0.39, 0.29) is 18.5 Å². The highest BCUT2D eigenvalue weighted by Crippen LogP contribution is 2.49. The molecule has 6 nitrogen and oxygen atoms in total. The molecule has 2 bridgehead atoms. The number of hydrogen-bond donors (Lipinski definition) is 1. The Balaban J connectivity index is 1.30. The van der Waals surface area contributed by atoms with Crippen LogP contribution in [0.3, 0.4) is 0 Å². The van der Waals surface area contributed by atoms with Crippen LogP contribution in [0.15, 0.2) is 48.5 Å². The fourth-order valence-electron chi connectivity index (χ4n) is 5.83. The van der Waals surface area contributed by atoms with Crippen LogP contribution < -0.4 is 5.32 Å². The van der Waals surface area contributed by atoms with Crippen LogP contribution in [-0.4, -0.2) is 28.3 Å². The summed E-state index contributed by atoms with van der Waals surface area (Å²) in [4.78, 5) is 25.1. The smallest absolute Gasteiger partial charge is 0.306 e. The minimum atomic E-state index is -0.369. The number of aryl methyl sites for hydroxylation is 3. The number of carbonyl (C=O) groups excluding carboxylic acids is 2. The minimum Gasteiger partial charge on any atom is -0.456 e. The molecule has 6 heteroatoms. The molecule has 1 N–H and O–H groups in total. The Morgan fingerprint density at radius 2 is 1.77 bits per heavy atom. The van der Waals surface area contributed by atoms with Crippen LogP contribution in [0.5, 0.6) is 0 Å². The third-order valence-electron chi connectivity index (χ3n) is 7.77. The van der Waals surface area contributed by atoms with Gasteiger partial charge in [0, 0.05) is 18.1 Å². The van der Waals surface area contributed by atoms with Crippen LogP contribution in [0, 0.1) is 38.5 Å². The molecule has 5 rings (SSSR count). The van der Waals surface area contributed by atoms with E-state index in [1.165, 1.54) is 30.4 Å². The Bertz CT molecular complexity index is 1250. The molecule has 1 amide bonds. The standard InChI is InChI=1S/C29H33N3O3/c1-18-11-20(3)25(12-19(18)2)26-16-27(32(31-26)24-7-5-4-6-8-24)30-28(33)17-35-29(34)15-23-14-21-9-10-22(23)13-21/h4-8,11-12,16,21-23H,9-10,13-15,17H2,1-3H3,(H,30,33)/t21-,22+,23+/m0/s1. The van der Waals surface area contributed by atoms with Gasteiger partial charge in [-0.05, 0) is 92.7 Å². The molecule has 2 aliphatic carbocycles. The topological polar surface area (TPSA) is 73.2 Å². The lowest BCUT2D eigenvalue weighted by Crippen LogP contribution is -2.24. The summed E-state index contributed by atoms with van der Waals surface area (Å²) in [5.41, 5.74) is 6.18. The molecule has 0 saturated heterocycles. The van der Waals surface area contributed by atoms with Crippen molar-refractivity contribution in [3.05, 3.63) is 65.2 Å². The Kier molecular flexibility index (Phi) is 6.46. The fourth-order valence-corrected chi connectivity index (χ4v) is 5.83. The van der Waals surface area contributed by atoms with E-state index >= 15 is 0 Å². The highest BCUT2D eigenvalue weighted by Gasteiger charge is 2.40. The number of anilines is 1. The molecule has 0 spiro atoms. The van der Waals surface area contributed by atoms with Crippen LogP contribution in [0.4, 0.5) is 5.82 Å². The third kappa shape index (κ3) is 5.02. The van der Waals surface area contributed by atoms with E-state index in [9.17, 15) is 9.59 Å². The summed E-state index contributed by atoms with van der Waals surface area (Å²) < 4.78 is 7.07. The van der Waals surface area contributed by atoms with Crippen molar-refractivity contribution in [2.75, 3.05) is 11.9 Å². The zero-order valence-electron chi connectivity index (χ0n) is 20.7. The predicted molar refractivity (Wildman–Crippen MR) is 136 cm³/mol. The Hall–Kier alpha value is -3.41. The van der Waals surface area contributed by atoms with E-state index < -0.39 is 0 Å². The lowest BCUT2D eigenvalue weighted by molar-refractivity contribution is -0.148. The van der Waals surface area contributed by atoms with Crippen LogP contribution in [0.25, 0.3) is 16.9 Å². The molecule has 3 atom stereocenters. The molecule has 3 aromatic rings. The molecular weight excluding hydrogens is 438 g/mol. The van der Waals surface area contributed by atoms with Gasteiger partial charge in [-0.25, -0.2) is 4.68 Å². The normalized spacial score (nSPS) is 20.7. The van der Waals surface area contributed by atoms with Gasteiger partial charge in [0.2, 0.25) is 0 Å². The molecule has 35 heavy (non-hydrogen) atoms. The highest BCUT2D eigenvalue weighted by atomic mass is 16.5. The number of fused-ring (bicyclic) bond motifs is 2. The molecule has 1 heterocycles. The zero-order chi connectivity index (χ0) is 24.5. The number of aromatic nitrogens is 2. The first kappa shape index (κ1) is 23.3. The maximum Gasteiger partial charge on any atom is 0.306 e. The number of amides is 1. The molecule has 0 unspecified atom stereocenters. The van der Waals surface area contributed by atoms with Crippen molar-refractivity contribution in [3.8, 4) is 16.9 Å². The van der Waals surface area contributed by atoms with Crippen molar-refractivity contribution < 1.29 is 14.3 Å². The van der Waals surface area contributed by atoms with E-state index in [1.54, 1.807) is 4.68 Å². The molecule has 1 aromatic heterocycles. The summed E-state index contributed by atoms with van der Waals surface area (Å²) in [5, 5.41) is 7.72. The second kappa shape index (κ2) is 9.68. The van der Waals surface area contributed by atoms with Crippen LogP contribution in [-0.2, 0) is 14.3 Å². The van der Waals surface area contributed by atoms with Gasteiger partial charge in [0.15, 0.2) is 6.61 Å². The SMILES string of the molecule is Cc1cc(C)c(-c2cc(NC(=O)COC(=O)C[C@H]3C[C@H]4CC[C@@H]3C4)n(-c3ccccc3)n2)cc1C. The maximum absolute atomic E-state index is 12.7. The average Bonchev–Trinajstić information content (AvgIpc) is 3.57. The van der Waals surface area contributed by atoms with E-state index in [0.717, 1.165) is 34.8 Å². The van der Waals surface area contributed by atoms with Gasteiger partial charge in [0.25, 0.3) is 5.91 Å². The summed E-state index contributed by atoms with van der Waals surface area (Å²) in [7, 11) is 0. The summed E-state index contributed by atoms with van der Waals surface area (Å²) in [6, 6.07) is 15.8. The Morgan fingerprint density at radius 3 is 2.49 bits per heavy atom. The number of para-hydroxylation sites is 1. The van der Waals surface area contributed by atoms with E-state index in [2.05, 4.69) is 38.2 Å². The number of esters is 1. The van der Waals surface area contributed by atoms with Gasteiger partial charge < -0.3 is 10.1 Å². The number of nitrogens with zero attached hydrogens (tertiary/aromatic N) is 2. The molecule has 2 saturated carbocycles. The number of benzene rings is 2. The van der Waals surface area contributed by atoms with Gasteiger partial charge in [0.1, 0.15) is 5.82 Å². The average molecular weight is 472 g/mol. The van der Waals surface area contributed by atoms with Crippen LogP contribution in [0.2, 0.25) is 0 Å². The molecule has 2 aromatic carbocycles. The molecule has 2 aliphatic rings. The summed E-state index contributed by atoms with van der Waals surface area (Å²) in [6.45, 7) is 5.95. The molecule has 2 fully saturated rings. The number of hydrogen-bond acceptors (Lipinski definition) is 4. The molecular formula is C29H33N3O3. The van der Waals surface area contributed by atoms with Gasteiger partial charge in [0.05, 0.1) is 11.4 Å². The van der Waals surface area contributed by atoms with Gasteiger partial charge in [-0.3, -0.25) is 9.59 Å². The summed E-state index contributed by atoms with van der Waals surface area (Å²) in [5.74, 6) is 1.77. The van der Waals surface area contributed by atoms with Gasteiger partial charge in [-0.2, -0.15) is 5.10 Å². The van der Waals surface area contributed by atoms with Crippen molar-refractivity contribution in [1.29, 1.82) is 0 Å². The second-order valence-electron chi connectivity index (χ2n) is 10.3. The number of ether oxygens (including phenoxy) is 1. The van der Waals surface area contributed by atoms with Gasteiger partial charge in [-0.1, -0.05) is 30.7 Å². The van der Waals surface area contributed by atoms with Crippen molar-refractivity contribution in [2.24, 2.45) is 17.8 Å². The minimum absolute atomic E-state index is 0.277. The Labute approximate surface area is 206 Å². The molecule has 0 aliphatic heterocycles. The largest absolute Gasteiger partial charge is 0.456 e. The monoisotopic (exact) mass is 471 g/mol. The quantitative estimate of drug-likeness (QED) is 0.444. The third-order valence-corrected chi connectivity index (χ3v) is 7.77. The summed E-state index contributed by atoms with van der Waals surface area (Å²) in [6.07, 6.45) is 5.34. The van der Waals surface area contributed by atoms with E-state index in [4.69, 9.17) is 9.84 Å². The Morgan fingerprint density at radius 1 is 1.00 bits per heavy atom. The van der Waals surface area contributed by atoms with Crippen LogP contribution >= 0.6 is 0 Å². The van der Waals surface area contributed by atoms with E-state index in [1.807, 2.05) is 36.4 Å². The first-order chi connectivity index (χ1) is 16.9. The zero-order valence-corrected chi connectivity index (χ0v) is 20.7. The first-order valence-electron chi connectivity index (χ1n) is 12.6. The first-order valence-corrected chi connectivity index (χ1v) is 12.6. The second-order valence-corrected chi connectivity index (χ2v) is 10.3. The highest BCUT2D eigenvalue weighted by molar-refractivity contribution is 5.93. The van der Waals surface area contributed by atoms with Gasteiger partial charge >= 0.3 is 5.97 Å². The fraction of sp³-hybridized carbons (Fsp3) is 0.414. The van der Waals surface area contributed by atoms with Crippen molar-refractivity contribution in [3.63, 3.8) is 0 Å². The van der Waals surface area contributed by atoms with Crippen molar-refractivity contribution in [1.82, 2.24) is 9.78 Å². The predicted octanol–water partition coefficient (Wildman–Crippen LogP) is 5.77. The molecule has 182 valence electrons. The number of rotatable bonds is 7. The number of carbonyl (C=O) groups is 2.